The van der Waals surface area contributed by atoms with E-state index in [4.69, 9.17) is 10.5 Å². The van der Waals surface area contributed by atoms with E-state index >= 15 is 0 Å². The topological polar surface area (TPSA) is 35.2 Å². The first kappa shape index (κ1) is 10.8. The molecule has 0 aliphatic carbocycles. The van der Waals surface area contributed by atoms with Gasteiger partial charge in [0.1, 0.15) is 5.75 Å². The van der Waals surface area contributed by atoms with Gasteiger partial charge in [0.05, 0.1) is 7.11 Å². The minimum atomic E-state index is -0.0244. The monoisotopic (exact) mass is 191 g/mol. The highest BCUT2D eigenvalue weighted by Gasteiger charge is 2.10. The van der Waals surface area contributed by atoms with E-state index in [1.54, 1.807) is 7.11 Å². The van der Waals surface area contributed by atoms with Crippen molar-refractivity contribution in [1.29, 1.82) is 0 Å². The first-order chi connectivity index (χ1) is 6.65. The minimum Gasteiger partial charge on any atom is -0.496 e. The van der Waals surface area contributed by atoms with Crippen LogP contribution in [0, 0.1) is 0 Å². The SMILES string of the molecule is C=C(C)C[C@@H](N)c1ccccc1OC. The molecule has 1 aromatic rings. The van der Waals surface area contributed by atoms with Crippen LogP contribution in [0.15, 0.2) is 36.4 Å². The van der Waals surface area contributed by atoms with Crippen LogP contribution in [0.5, 0.6) is 5.75 Å². The Morgan fingerprint density at radius 1 is 1.50 bits per heavy atom. The standard InChI is InChI=1S/C12H17NO/c1-9(2)8-11(13)10-6-4-5-7-12(10)14-3/h4-7,11H,1,8,13H2,2-3H3/t11-/m1/s1. The third-order valence-corrected chi connectivity index (χ3v) is 2.11. The van der Waals surface area contributed by atoms with Crippen molar-refractivity contribution in [1.82, 2.24) is 0 Å². The zero-order valence-corrected chi connectivity index (χ0v) is 8.79. The van der Waals surface area contributed by atoms with Crippen molar-refractivity contribution in [3.05, 3.63) is 42.0 Å². The Hall–Kier alpha value is -1.28. The molecule has 2 nitrogen and oxygen atoms in total. The quantitative estimate of drug-likeness (QED) is 0.742. The summed E-state index contributed by atoms with van der Waals surface area (Å²) in [6.07, 6.45) is 0.792. The lowest BCUT2D eigenvalue weighted by atomic mass is 10.0. The van der Waals surface area contributed by atoms with Gasteiger partial charge in [-0.05, 0) is 19.4 Å². The van der Waals surface area contributed by atoms with Gasteiger partial charge in [-0.1, -0.05) is 23.8 Å². The number of ether oxygens (including phenoxy) is 1. The Bertz CT molecular complexity index is 320. The van der Waals surface area contributed by atoms with Gasteiger partial charge in [-0.2, -0.15) is 0 Å². The molecule has 2 heteroatoms. The summed E-state index contributed by atoms with van der Waals surface area (Å²) < 4.78 is 5.24. The second-order valence-corrected chi connectivity index (χ2v) is 3.51. The van der Waals surface area contributed by atoms with Crippen LogP contribution in [0.3, 0.4) is 0 Å². The van der Waals surface area contributed by atoms with E-state index in [1.807, 2.05) is 31.2 Å². The third kappa shape index (κ3) is 2.60. The molecule has 14 heavy (non-hydrogen) atoms. The van der Waals surface area contributed by atoms with E-state index in [0.29, 0.717) is 0 Å². The first-order valence-electron chi connectivity index (χ1n) is 4.68. The normalized spacial score (nSPS) is 12.2. The molecule has 0 radical (unpaired) electrons. The molecule has 0 bridgehead atoms. The predicted molar refractivity (Wildman–Crippen MR) is 59.4 cm³/mol. The molecular weight excluding hydrogens is 174 g/mol. The van der Waals surface area contributed by atoms with E-state index in [9.17, 15) is 0 Å². The molecule has 2 N–H and O–H groups in total. The molecule has 1 rings (SSSR count). The van der Waals surface area contributed by atoms with Crippen molar-refractivity contribution < 1.29 is 4.74 Å². The van der Waals surface area contributed by atoms with E-state index in [0.717, 1.165) is 23.3 Å². The fourth-order valence-corrected chi connectivity index (χ4v) is 1.46. The van der Waals surface area contributed by atoms with Gasteiger partial charge in [0.15, 0.2) is 0 Å². The van der Waals surface area contributed by atoms with Crippen molar-refractivity contribution in [2.24, 2.45) is 5.73 Å². The zero-order chi connectivity index (χ0) is 10.6. The number of hydrogen-bond acceptors (Lipinski definition) is 2. The van der Waals surface area contributed by atoms with Crippen LogP contribution in [0.25, 0.3) is 0 Å². The van der Waals surface area contributed by atoms with Crippen LogP contribution in [-0.2, 0) is 0 Å². The van der Waals surface area contributed by atoms with Gasteiger partial charge in [-0.3, -0.25) is 0 Å². The van der Waals surface area contributed by atoms with Crippen LogP contribution in [0.1, 0.15) is 24.9 Å². The molecule has 1 aromatic carbocycles. The lowest BCUT2D eigenvalue weighted by Gasteiger charge is -2.15. The van der Waals surface area contributed by atoms with Gasteiger partial charge < -0.3 is 10.5 Å². The first-order valence-corrected chi connectivity index (χ1v) is 4.68. The summed E-state index contributed by atoms with van der Waals surface area (Å²) in [6, 6.07) is 7.80. The molecule has 76 valence electrons. The van der Waals surface area contributed by atoms with Crippen molar-refractivity contribution in [3.8, 4) is 5.75 Å². The number of nitrogens with two attached hydrogens (primary N) is 1. The van der Waals surface area contributed by atoms with Crippen LogP contribution in [0.2, 0.25) is 0 Å². The largest absolute Gasteiger partial charge is 0.496 e. The summed E-state index contributed by atoms with van der Waals surface area (Å²) in [6.45, 7) is 5.84. The van der Waals surface area contributed by atoms with Crippen molar-refractivity contribution in [2.45, 2.75) is 19.4 Å². The van der Waals surface area contributed by atoms with Gasteiger partial charge in [-0.25, -0.2) is 0 Å². The Labute approximate surface area is 85.4 Å². The van der Waals surface area contributed by atoms with Gasteiger partial charge >= 0.3 is 0 Å². The molecule has 1 atom stereocenters. The van der Waals surface area contributed by atoms with Crippen molar-refractivity contribution in [3.63, 3.8) is 0 Å². The predicted octanol–water partition coefficient (Wildman–Crippen LogP) is 2.66. The molecule has 0 amide bonds. The Kier molecular flexibility index (Phi) is 3.72. The summed E-state index contributed by atoms with van der Waals surface area (Å²) in [5, 5.41) is 0. The van der Waals surface area contributed by atoms with E-state index in [1.165, 1.54) is 0 Å². The Balaban J connectivity index is 2.87. The molecular formula is C12H17NO. The fourth-order valence-electron chi connectivity index (χ4n) is 1.46. The average Bonchev–Trinajstić information content (AvgIpc) is 2.16. The second kappa shape index (κ2) is 4.82. The van der Waals surface area contributed by atoms with Crippen LogP contribution in [0.4, 0.5) is 0 Å². The smallest absolute Gasteiger partial charge is 0.123 e. The van der Waals surface area contributed by atoms with E-state index in [2.05, 4.69) is 6.58 Å². The number of rotatable bonds is 4. The second-order valence-electron chi connectivity index (χ2n) is 3.51. The molecule has 0 saturated carbocycles. The third-order valence-electron chi connectivity index (χ3n) is 2.11. The maximum absolute atomic E-state index is 6.03. The van der Waals surface area contributed by atoms with Gasteiger partial charge in [0, 0.05) is 11.6 Å². The van der Waals surface area contributed by atoms with E-state index < -0.39 is 0 Å². The summed E-state index contributed by atoms with van der Waals surface area (Å²) in [5.41, 5.74) is 8.16. The highest BCUT2D eigenvalue weighted by atomic mass is 16.5. The number of benzene rings is 1. The van der Waals surface area contributed by atoms with Crippen molar-refractivity contribution >= 4 is 0 Å². The highest BCUT2D eigenvalue weighted by molar-refractivity contribution is 5.36. The molecule has 0 aliphatic rings. The van der Waals surface area contributed by atoms with Crippen LogP contribution < -0.4 is 10.5 Å². The molecule has 0 saturated heterocycles. The van der Waals surface area contributed by atoms with Crippen LogP contribution in [-0.4, -0.2) is 7.11 Å². The highest BCUT2D eigenvalue weighted by Crippen LogP contribution is 2.26. The summed E-state index contributed by atoms with van der Waals surface area (Å²) in [7, 11) is 1.66. The maximum Gasteiger partial charge on any atom is 0.123 e. The summed E-state index contributed by atoms with van der Waals surface area (Å²) in [5.74, 6) is 0.848. The Morgan fingerprint density at radius 2 is 2.14 bits per heavy atom. The lowest BCUT2D eigenvalue weighted by molar-refractivity contribution is 0.405. The Morgan fingerprint density at radius 3 is 2.71 bits per heavy atom. The average molecular weight is 191 g/mol. The molecule has 0 spiro atoms. The molecule has 0 unspecified atom stereocenters. The number of methoxy groups -OCH3 is 1. The van der Waals surface area contributed by atoms with Crippen LogP contribution >= 0.6 is 0 Å². The molecule has 0 heterocycles. The lowest BCUT2D eigenvalue weighted by Crippen LogP contribution is -2.11. The summed E-state index contributed by atoms with van der Waals surface area (Å²) >= 11 is 0. The number of para-hydroxylation sites is 1. The van der Waals surface area contributed by atoms with Gasteiger partial charge in [0.2, 0.25) is 0 Å². The fraction of sp³-hybridized carbons (Fsp3) is 0.333. The van der Waals surface area contributed by atoms with E-state index in [-0.39, 0.29) is 6.04 Å². The zero-order valence-electron chi connectivity index (χ0n) is 8.79. The maximum atomic E-state index is 6.03. The molecule has 0 aliphatic heterocycles. The van der Waals surface area contributed by atoms with Gasteiger partial charge in [0.25, 0.3) is 0 Å². The van der Waals surface area contributed by atoms with Gasteiger partial charge in [-0.15, -0.1) is 6.58 Å². The number of hydrogen-bond donors (Lipinski definition) is 1. The minimum absolute atomic E-state index is 0.0244. The molecule has 0 fully saturated rings. The van der Waals surface area contributed by atoms with Crippen molar-refractivity contribution in [2.75, 3.05) is 7.11 Å². The molecule has 0 aromatic heterocycles. The summed E-state index contributed by atoms with van der Waals surface area (Å²) in [4.78, 5) is 0.